The summed E-state index contributed by atoms with van der Waals surface area (Å²) < 4.78 is 7.88. The minimum Gasteiger partial charge on any atom is -0.494 e. The number of ether oxygens (including phenoxy) is 1. The van der Waals surface area contributed by atoms with Gasteiger partial charge in [0.2, 0.25) is 5.91 Å². The number of thioether (sulfide) groups is 1. The molecule has 1 aromatic heterocycles. The van der Waals surface area contributed by atoms with E-state index in [9.17, 15) is 9.59 Å². The normalized spacial score (nSPS) is 14.8. The third-order valence-electron chi connectivity index (χ3n) is 8.32. The standard InChI is InChI=1S/C37H45N5O3S/c1-4-5-24-45-33-20-16-31(17-21-33)36(44)41-23-22-40(27-29(41)3)35(43)13-9-10-25-46-37-39-38-34(26-30-11-7-6-8-12-30)42(37)32-18-14-28(2)15-19-32/h6-8,11-12,14-21,29H,4-5,9-10,13,22-27H2,1-3H3. The molecular weight excluding hydrogens is 595 g/mol. The number of aryl methyl sites for hydroxylation is 1. The molecule has 1 fully saturated rings. The SMILES string of the molecule is CCCCOc1ccc(C(=O)N2CCN(C(=O)CCCCSc3nnc(Cc4ccccc4)n3-c3ccc(C)cc3)CC2C)cc1. The van der Waals surface area contributed by atoms with Crippen molar-refractivity contribution in [1.29, 1.82) is 0 Å². The third-order valence-corrected chi connectivity index (χ3v) is 9.34. The number of hydrogen-bond acceptors (Lipinski definition) is 6. The maximum atomic E-state index is 13.2. The molecule has 46 heavy (non-hydrogen) atoms. The Hall–Kier alpha value is -4.11. The molecule has 8 nitrogen and oxygen atoms in total. The fraction of sp³-hybridized carbons (Fsp3) is 0.405. The first-order valence-electron chi connectivity index (χ1n) is 16.4. The van der Waals surface area contributed by atoms with Crippen molar-refractivity contribution in [3.63, 3.8) is 0 Å². The molecule has 242 valence electrons. The minimum absolute atomic E-state index is 0.00199. The zero-order valence-corrected chi connectivity index (χ0v) is 28.0. The van der Waals surface area contributed by atoms with E-state index in [4.69, 9.17) is 4.74 Å². The van der Waals surface area contributed by atoms with Crippen LogP contribution in [0.2, 0.25) is 0 Å². The molecular formula is C37H45N5O3S. The second-order valence-electron chi connectivity index (χ2n) is 12.0. The Bertz CT molecular complexity index is 1560. The summed E-state index contributed by atoms with van der Waals surface area (Å²) in [5.41, 5.74) is 4.11. The van der Waals surface area contributed by atoms with Gasteiger partial charge in [-0.1, -0.05) is 73.1 Å². The van der Waals surface area contributed by atoms with Gasteiger partial charge in [0.15, 0.2) is 5.16 Å². The number of unbranched alkanes of at least 4 members (excludes halogenated alkanes) is 2. The molecule has 1 aliphatic rings. The molecule has 1 saturated heterocycles. The molecule has 4 aromatic rings. The highest BCUT2D eigenvalue weighted by Gasteiger charge is 2.30. The Balaban J connectivity index is 1.08. The monoisotopic (exact) mass is 639 g/mol. The third kappa shape index (κ3) is 8.78. The van der Waals surface area contributed by atoms with Gasteiger partial charge in [-0.05, 0) is 75.1 Å². The van der Waals surface area contributed by atoms with Crippen molar-refractivity contribution in [3.05, 3.63) is 101 Å². The first-order valence-corrected chi connectivity index (χ1v) is 17.4. The van der Waals surface area contributed by atoms with Crippen LogP contribution in [-0.2, 0) is 11.2 Å². The maximum Gasteiger partial charge on any atom is 0.254 e. The Kier molecular flexibility index (Phi) is 11.9. The van der Waals surface area contributed by atoms with Crippen LogP contribution in [0.25, 0.3) is 5.69 Å². The van der Waals surface area contributed by atoms with Gasteiger partial charge < -0.3 is 14.5 Å². The van der Waals surface area contributed by atoms with Crippen molar-refractivity contribution in [2.24, 2.45) is 0 Å². The summed E-state index contributed by atoms with van der Waals surface area (Å²) in [6, 6.07) is 26.1. The van der Waals surface area contributed by atoms with Crippen molar-refractivity contribution in [1.82, 2.24) is 24.6 Å². The number of carbonyl (C=O) groups is 2. The van der Waals surface area contributed by atoms with Crippen molar-refractivity contribution in [2.75, 3.05) is 32.0 Å². The lowest BCUT2D eigenvalue weighted by molar-refractivity contribution is -0.133. The lowest BCUT2D eigenvalue weighted by Gasteiger charge is -2.40. The average molecular weight is 640 g/mol. The van der Waals surface area contributed by atoms with Crippen molar-refractivity contribution in [2.45, 2.75) is 70.5 Å². The van der Waals surface area contributed by atoms with E-state index in [1.165, 1.54) is 11.1 Å². The number of benzene rings is 3. The topological polar surface area (TPSA) is 80.6 Å². The second kappa shape index (κ2) is 16.5. The highest BCUT2D eigenvalue weighted by atomic mass is 32.2. The largest absolute Gasteiger partial charge is 0.494 e. The van der Waals surface area contributed by atoms with Gasteiger partial charge in [-0.3, -0.25) is 14.2 Å². The van der Waals surface area contributed by atoms with Crippen LogP contribution in [0.5, 0.6) is 5.75 Å². The van der Waals surface area contributed by atoms with Crippen LogP contribution >= 0.6 is 11.8 Å². The molecule has 0 radical (unpaired) electrons. The summed E-state index contributed by atoms with van der Waals surface area (Å²) in [5, 5.41) is 9.98. The van der Waals surface area contributed by atoms with Gasteiger partial charge in [0.1, 0.15) is 11.6 Å². The number of carbonyl (C=O) groups excluding carboxylic acids is 2. The summed E-state index contributed by atoms with van der Waals surface area (Å²) in [5.74, 6) is 2.71. The summed E-state index contributed by atoms with van der Waals surface area (Å²) in [6.45, 7) is 8.58. The quantitative estimate of drug-likeness (QED) is 0.109. The molecule has 0 saturated carbocycles. The number of aromatic nitrogens is 3. The molecule has 0 bridgehead atoms. The molecule has 2 heterocycles. The Morgan fingerprint density at radius 3 is 2.39 bits per heavy atom. The highest BCUT2D eigenvalue weighted by Crippen LogP contribution is 2.25. The molecule has 3 aromatic carbocycles. The van der Waals surface area contributed by atoms with Crippen molar-refractivity contribution < 1.29 is 14.3 Å². The summed E-state index contributed by atoms with van der Waals surface area (Å²) in [4.78, 5) is 30.1. The first kappa shape index (κ1) is 33.3. The van der Waals surface area contributed by atoms with Crippen molar-refractivity contribution >= 4 is 23.6 Å². The summed E-state index contributed by atoms with van der Waals surface area (Å²) >= 11 is 1.68. The molecule has 0 N–H and O–H groups in total. The molecule has 9 heteroatoms. The van der Waals surface area contributed by atoms with Gasteiger partial charge in [-0.15, -0.1) is 10.2 Å². The van der Waals surface area contributed by atoms with E-state index in [0.29, 0.717) is 44.6 Å². The van der Waals surface area contributed by atoms with Crippen LogP contribution in [0.1, 0.15) is 73.3 Å². The first-order chi connectivity index (χ1) is 22.4. The second-order valence-corrected chi connectivity index (χ2v) is 13.0. The van der Waals surface area contributed by atoms with Gasteiger partial charge in [0, 0.05) is 55.5 Å². The molecule has 0 aliphatic carbocycles. The van der Waals surface area contributed by atoms with E-state index < -0.39 is 0 Å². The fourth-order valence-corrected chi connectivity index (χ4v) is 6.59. The number of amides is 2. The van der Waals surface area contributed by atoms with E-state index in [2.05, 4.69) is 65.0 Å². The predicted octanol–water partition coefficient (Wildman–Crippen LogP) is 6.98. The van der Waals surface area contributed by atoms with Crippen LogP contribution in [0, 0.1) is 6.92 Å². The van der Waals surface area contributed by atoms with Gasteiger partial charge in [-0.25, -0.2) is 0 Å². The van der Waals surface area contributed by atoms with Gasteiger partial charge in [-0.2, -0.15) is 0 Å². The van der Waals surface area contributed by atoms with Crippen LogP contribution in [0.3, 0.4) is 0 Å². The number of piperazine rings is 1. The van der Waals surface area contributed by atoms with E-state index in [-0.39, 0.29) is 17.9 Å². The molecule has 1 unspecified atom stereocenters. The van der Waals surface area contributed by atoms with Gasteiger partial charge >= 0.3 is 0 Å². The van der Waals surface area contributed by atoms with Gasteiger partial charge in [0.05, 0.1) is 6.61 Å². The lowest BCUT2D eigenvalue weighted by atomic mass is 10.1. The lowest BCUT2D eigenvalue weighted by Crippen LogP contribution is -2.55. The number of hydrogen-bond donors (Lipinski definition) is 0. The molecule has 1 atom stereocenters. The molecule has 5 rings (SSSR count). The van der Waals surface area contributed by atoms with Crippen LogP contribution < -0.4 is 4.74 Å². The van der Waals surface area contributed by atoms with Crippen LogP contribution in [0.4, 0.5) is 0 Å². The van der Waals surface area contributed by atoms with E-state index >= 15 is 0 Å². The Labute approximate surface area is 277 Å². The molecule has 2 amide bonds. The summed E-state index contributed by atoms with van der Waals surface area (Å²) in [7, 11) is 0. The van der Waals surface area contributed by atoms with Crippen molar-refractivity contribution in [3.8, 4) is 11.4 Å². The zero-order valence-electron chi connectivity index (χ0n) is 27.2. The van der Waals surface area contributed by atoms with Crippen LogP contribution in [0.15, 0.2) is 84.0 Å². The maximum absolute atomic E-state index is 13.2. The molecule has 1 aliphatic heterocycles. The van der Waals surface area contributed by atoms with Gasteiger partial charge in [0.25, 0.3) is 5.91 Å². The Morgan fingerprint density at radius 1 is 0.913 bits per heavy atom. The van der Waals surface area contributed by atoms with E-state index in [0.717, 1.165) is 53.9 Å². The van der Waals surface area contributed by atoms with E-state index in [1.54, 1.807) is 11.8 Å². The molecule has 0 spiro atoms. The van der Waals surface area contributed by atoms with E-state index in [1.807, 2.05) is 59.2 Å². The fourth-order valence-electron chi connectivity index (χ4n) is 5.62. The van der Waals surface area contributed by atoms with Crippen LogP contribution in [-0.4, -0.2) is 74.4 Å². The number of rotatable bonds is 14. The summed E-state index contributed by atoms with van der Waals surface area (Å²) in [6.07, 6.45) is 5.01. The number of nitrogens with zero attached hydrogens (tertiary/aromatic N) is 5. The highest BCUT2D eigenvalue weighted by molar-refractivity contribution is 7.99. The zero-order chi connectivity index (χ0) is 32.3. The average Bonchev–Trinajstić information content (AvgIpc) is 3.47. The smallest absolute Gasteiger partial charge is 0.254 e. The Morgan fingerprint density at radius 2 is 1.67 bits per heavy atom. The predicted molar refractivity (Wildman–Crippen MR) is 184 cm³/mol. The minimum atomic E-state index is -0.0422.